The molecule has 1 unspecified atom stereocenters. The first-order valence-corrected chi connectivity index (χ1v) is 7.76. The van der Waals surface area contributed by atoms with E-state index < -0.39 is 0 Å². The maximum absolute atomic E-state index is 13.9. The van der Waals surface area contributed by atoms with Crippen molar-refractivity contribution < 1.29 is 4.39 Å². The molecule has 2 aromatic rings. The molecule has 0 aromatic heterocycles. The Hall–Kier alpha value is -1.09. The van der Waals surface area contributed by atoms with Crippen molar-refractivity contribution in [1.29, 1.82) is 0 Å². The predicted octanol–water partition coefficient (Wildman–Crippen LogP) is 4.90. The highest BCUT2D eigenvalue weighted by molar-refractivity contribution is 6.30. The van der Waals surface area contributed by atoms with Crippen molar-refractivity contribution in [2.75, 3.05) is 6.54 Å². The number of hydrogen-bond donors (Lipinski definition) is 1. The minimum atomic E-state index is -0.249. The van der Waals surface area contributed by atoms with Gasteiger partial charge in [0.15, 0.2) is 0 Å². The Labute approximate surface area is 135 Å². The van der Waals surface area contributed by atoms with Crippen LogP contribution in [0.1, 0.15) is 18.1 Å². The van der Waals surface area contributed by atoms with Gasteiger partial charge in [0.2, 0.25) is 0 Å². The molecule has 0 aliphatic heterocycles. The molecule has 0 aliphatic carbocycles. The lowest BCUT2D eigenvalue weighted by atomic mass is 9.98. The summed E-state index contributed by atoms with van der Waals surface area (Å²) in [6.45, 7) is 2.89. The van der Waals surface area contributed by atoms with E-state index in [0.717, 1.165) is 18.0 Å². The smallest absolute Gasteiger partial charge is 0.127 e. The summed E-state index contributed by atoms with van der Waals surface area (Å²) in [5.74, 6) is -0.249. The van der Waals surface area contributed by atoms with Crippen LogP contribution in [0, 0.1) is 5.82 Å². The molecule has 0 fully saturated rings. The Morgan fingerprint density at radius 3 is 2.29 bits per heavy atom. The average Bonchev–Trinajstić information content (AvgIpc) is 2.44. The normalized spacial score (nSPS) is 12.4. The molecule has 2 rings (SSSR count). The summed E-state index contributed by atoms with van der Waals surface area (Å²) in [7, 11) is 0. The number of hydrogen-bond acceptors (Lipinski definition) is 1. The summed E-state index contributed by atoms with van der Waals surface area (Å²) < 4.78 is 13.9. The first-order chi connectivity index (χ1) is 10.1. The van der Waals surface area contributed by atoms with Gasteiger partial charge < -0.3 is 5.32 Å². The lowest BCUT2D eigenvalue weighted by Crippen LogP contribution is -2.33. The first-order valence-electron chi connectivity index (χ1n) is 7.00. The van der Waals surface area contributed by atoms with Gasteiger partial charge in [-0.2, -0.15) is 0 Å². The zero-order chi connectivity index (χ0) is 15.2. The van der Waals surface area contributed by atoms with Crippen LogP contribution in [0.3, 0.4) is 0 Å². The highest BCUT2D eigenvalue weighted by atomic mass is 35.5. The van der Waals surface area contributed by atoms with Crippen LogP contribution in [0.5, 0.6) is 0 Å². The van der Waals surface area contributed by atoms with Crippen LogP contribution in [0.2, 0.25) is 10.0 Å². The molecule has 0 bridgehead atoms. The maximum Gasteiger partial charge on any atom is 0.127 e. The molecule has 0 heterocycles. The van der Waals surface area contributed by atoms with Crippen molar-refractivity contribution in [3.8, 4) is 0 Å². The van der Waals surface area contributed by atoms with Gasteiger partial charge >= 0.3 is 0 Å². The van der Waals surface area contributed by atoms with Crippen LogP contribution < -0.4 is 5.32 Å². The average molecular weight is 326 g/mol. The van der Waals surface area contributed by atoms with E-state index in [0.29, 0.717) is 17.0 Å². The third kappa shape index (κ3) is 4.99. The van der Waals surface area contributed by atoms with Gasteiger partial charge in [-0.05, 0) is 54.8 Å². The van der Waals surface area contributed by atoms with Crippen LogP contribution >= 0.6 is 23.2 Å². The van der Waals surface area contributed by atoms with Crippen LogP contribution in [-0.4, -0.2) is 12.6 Å². The van der Waals surface area contributed by atoms with Crippen LogP contribution in [0.4, 0.5) is 4.39 Å². The Kier molecular flexibility index (Phi) is 6.04. The Morgan fingerprint density at radius 1 is 1.00 bits per heavy atom. The van der Waals surface area contributed by atoms with E-state index in [9.17, 15) is 4.39 Å². The highest BCUT2D eigenvalue weighted by Crippen LogP contribution is 2.18. The summed E-state index contributed by atoms with van der Waals surface area (Å²) in [4.78, 5) is 0. The summed E-state index contributed by atoms with van der Waals surface area (Å²) in [6, 6.07) is 12.8. The van der Waals surface area contributed by atoms with E-state index >= 15 is 0 Å². The van der Waals surface area contributed by atoms with Gasteiger partial charge in [-0.25, -0.2) is 4.39 Å². The Balaban J connectivity index is 2.09. The molecule has 4 heteroatoms. The molecule has 112 valence electrons. The molecule has 0 spiro atoms. The number of likely N-dealkylation sites (N-methyl/N-ethyl adjacent to an activating group) is 1. The molecule has 0 saturated carbocycles. The predicted molar refractivity (Wildman–Crippen MR) is 87.7 cm³/mol. The molecule has 0 aliphatic rings. The second-order valence-electron chi connectivity index (χ2n) is 5.03. The number of halogens is 3. The fourth-order valence-corrected chi connectivity index (χ4v) is 2.65. The van der Waals surface area contributed by atoms with Gasteiger partial charge in [0, 0.05) is 16.1 Å². The molecule has 0 amide bonds. The SMILES string of the molecule is CCNC(Cc1ccc(Cl)cc1)Cc1ccc(Cl)cc1F. The van der Waals surface area contributed by atoms with Crippen molar-refractivity contribution in [3.05, 3.63) is 69.5 Å². The molecule has 0 radical (unpaired) electrons. The van der Waals surface area contributed by atoms with Gasteiger partial charge in [-0.15, -0.1) is 0 Å². The first kappa shape index (κ1) is 16.3. The fourth-order valence-electron chi connectivity index (χ4n) is 2.36. The maximum atomic E-state index is 13.9. The van der Waals surface area contributed by atoms with Gasteiger partial charge in [0.05, 0.1) is 0 Å². The number of benzene rings is 2. The number of nitrogens with one attached hydrogen (secondary N) is 1. The van der Waals surface area contributed by atoms with Gasteiger partial charge in [-0.1, -0.05) is 48.3 Å². The van der Waals surface area contributed by atoms with E-state index in [-0.39, 0.29) is 11.9 Å². The third-order valence-corrected chi connectivity index (χ3v) is 3.86. The molecule has 1 nitrogen and oxygen atoms in total. The van der Waals surface area contributed by atoms with Crippen LogP contribution in [0.15, 0.2) is 42.5 Å². The van der Waals surface area contributed by atoms with Gasteiger partial charge in [-0.3, -0.25) is 0 Å². The van der Waals surface area contributed by atoms with E-state index in [4.69, 9.17) is 23.2 Å². The van der Waals surface area contributed by atoms with Gasteiger partial charge in [0.25, 0.3) is 0 Å². The molecule has 2 aromatic carbocycles. The van der Waals surface area contributed by atoms with Crippen molar-refractivity contribution in [2.45, 2.75) is 25.8 Å². The van der Waals surface area contributed by atoms with E-state index in [2.05, 4.69) is 5.32 Å². The molecule has 1 N–H and O–H groups in total. The zero-order valence-electron chi connectivity index (χ0n) is 11.9. The molecule has 1 atom stereocenters. The minimum Gasteiger partial charge on any atom is -0.314 e. The monoisotopic (exact) mass is 325 g/mol. The standard InChI is InChI=1S/C17H18Cl2FN/c1-2-21-16(9-12-3-6-14(18)7-4-12)10-13-5-8-15(19)11-17(13)20/h3-8,11,16,21H,2,9-10H2,1H3. The van der Waals surface area contributed by atoms with Crippen molar-refractivity contribution >= 4 is 23.2 Å². The van der Waals surface area contributed by atoms with E-state index in [1.807, 2.05) is 31.2 Å². The van der Waals surface area contributed by atoms with Crippen molar-refractivity contribution in [3.63, 3.8) is 0 Å². The highest BCUT2D eigenvalue weighted by Gasteiger charge is 2.12. The fraction of sp³-hybridized carbons (Fsp3) is 0.294. The molecular formula is C17H18Cl2FN. The van der Waals surface area contributed by atoms with Crippen molar-refractivity contribution in [2.24, 2.45) is 0 Å². The lowest BCUT2D eigenvalue weighted by molar-refractivity contribution is 0.506. The second kappa shape index (κ2) is 7.79. The topological polar surface area (TPSA) is 12.0 Å². The van der Waals surface area contributed by atoms with Gasteiger partial charge in [0.1, 0.15) is 5.82 Å². The lowest BCUT2D eigenvalue weighted by Gasteiger charge is -2.18. The molecule has 0 saturated heterocycles. The minimum absolute atomic E-state index is 0.173. The zero-order valence-corrected chi connectivity index (χ0v) is 13.4. The summed E-state index contributed by atoms with van der Waals surface area (Å²) in [5.41, 5.74) is 1.86. The quantitative estimate of drug-likeness (QED) is 0.796. The summed E-state index contributed by atoms with van der Waals surface area (Å²) in [5, 5.41) is 4.55. The van der Waals surface area contributed by atoms with Crippen molar-refractivity contribution in [1.82, 2.24) is 5.32 Å². The third-order valence-electron chi connectivity index (χ3n) is 3.37. The van der Waals surface area contributed by atoms with E-state index in [1.54, 1.807) is 12.1 Å². The van der Waals surface area contributed by atoms with Crippen LogP contribution in [0.25, 0.3) is 0 Å². The van der Waals surface area contributed by atoms with Crippen LogP contribution in [-0.2, 0) is 12.8 Å². The number of rotatable bonds is 6. The molecule has 21 heavy (non-hydrogen) atoms. The summed E-state index contributed by atoms with van der Waals surface area (Å²) >= 11 is 11.7. The Morgan fingerprint density at radius 2 is 1.67 bits per heavy atom. The second-order valence-corrected chi connectivity index (χ2v) is 5.90. The molecular weight excluding hydrogens is 308 g/mol. The summed E-state index contributed by atoms with van der Waals surface area (Å²) in [6.07, 6.45) is 1.45. The largest absolute Gasteiger partial charge is 0.314 e. The Bertz CT molecular complexity index is 584. The van der Waals surface area contributed by atoms with E-state index in [1.165, 1.54) is 11.6 Å².